The lowest BCUT2D eigenvalue weighted by Gasteiger charge is -2.27. The molecule has 1 fully saturated rings. The summed E-state index contributed by atoms with van der Waals surface area (Å²) in [5.74, 6) is -0.229. The van der Waals surface area contributed by atoms with Gasteiger partial charge in [0.15, 0.2) is 0 Å². The van der Waals surface area contributed by atoms with Gasteiger partial charge in [-0.3, -0.25) is 4.79 Å². The third-order valence-electron chi connectivity index (χ3n) is 3.50. The van der Waals surface area contributed by atoms with Gasteiger partial charge in [0.25, 0.3) is 0 Å². The molecular weight excluding hydrogens is 266 g/mol. The van der Waals surface area contributed by atoms with E-state index in [0.717, 1.165) is 25.7 Å². The molecule has 1 saturated carbocycles. The molecule has 1 aliphatic carbocycles. The van der Waals surface area contributed by atoms with Crippen molar-refractivity contribution in [2.45, 2.75) is 38.3 Å². The van der Waals surface area contributed by atoms with Crippen LogP contribution in [0.3, 0.4) is 0 Å². The Kier molecular flexibility index (Phi) is 4.89. The summed E-state index contributed by atoms with van der Waals surface area (Å²) in [5, 5.41) is 2.76. The topological polar surface area (TPSA) is 64.4 Å². The van der Waals surface area contributed by atoms with Crippen LogP contribution in [0.15, 0.2) is 24.3 Å². The van der Waals surface area contributed by atoms with E-state index in [1.54, 1.807) is 0 Å². The number of carbonyl (C=O) groups is 1. The zero-order valence-corrected chi connectivity index (χ0v) is 11.0. The average Bonchev–Trinajstić information content (AvgIpc) is 2.41. The van der Waals surface area contributed by atoms with Gasteiger partial charge in [0.2, 0.25) is 5.91 Å². The van der Waals surface area contributed by atoms with Gasteiger partial charge >= 0.3 is 6.61 Å². The Balaban J connectivity index is 1.93. The van der Waals surface area contributed by atoms with E-state index in [9.17, 15) is 13.6 Å². The lowest BCUT2D eigenvalue weighted by Crippen LogP contribution is -2.40. The van der Waals surface area contributed by atoms with Crippen molar-refractivity contribution in [3.63, 3.8) is 0 Å². The Morgan fingerprint density at radius 2 is 1.90 bits per heavy atom. The van der Waals surface area contributed by atoms with Crippen molar-refractivity contribution < 1.29 is 18.3 Å². The van der Waals surface area contributed by atoms with Crippen molar-refractivity contribution >= 4 is 11.6 Å². The molecule has 0 aliphatic heterocycles. The molecule has 0 radical (unpaired) electrons. The first kappa shape index (κ1) is 14.7. The van der Waals surface area contributed by atoms with E-state index in [0.29, 0.717) is 5.69 Å². The first-order chi connectivity index (χ1) is 9.56. The van der Waals surface area contributed by atoms with E-state index < -0.39 is 6.61 Å². The number of nitrogens with two attached hydrogens (primary N) is 1. The highest BCUT2D eigenvalue weighted by Crippen LogP contribution is 2.25. The molecule has 1 aliphatic rings. The SMILES string of the molecule is NC1CCCCC1C(=O)Nc1ccc(OC(F)F)cc1. The zero-order valence-electron chi connectivity index (χ0n) is 11.0. The van der Waals surface area contributed by atoms with Crippen LogP contribution < -0.4 is 15.8 Å². The minimum absolute atomic E-state index is 0.0624. The quantitative estimate of drug-likeness (QED) is 0.893. The van der Waals surface area contributed by atoms with Crippen LogP contribution in [-0.4, -0.2) is 18.6 Å². The van der Waals surface area contributed by atoms with Gasteiger partial charge in [0, 0.05) is 11.7 Å². The van der Waals surface area contributed by atoms with Crippen molar-refractivity contribution in [1.82, 2.24) is 0 Å². The Hall–Kier alpha value is -1.69. The number of rotatable bonds is 4. The second kappa shape index (κ2) is 6.65. The van der Waals surface area contributed by atoms with Gasteiger partial charge in [0.1, 0.15) is 5.75 Å². The maximum absolute atomic E-state index is 12.1. The number of carbonyl (C=O) groups excluding carboxylic acids is 1. The first-order valence-corrected chi connectivity index (χ1v) is 6.67. The molecule has 3 N–H and O–H groups in total. The summed E-state index contributed by atoms with van der Waals surface area (Å²) in [6.07, 6.45) is 3.72. The number of alkyl halides is 2. The molecule has 20 heavy (non-hydrogen) atoms. The van der Waals surface area contributed by atoms with Gasteiger partial charge in [-0.25, -0.2) is 0 Å². The van der Waals surface area contributed by atoms with Crippen molar-refractivity contribution in [2.24, 2.45) is 11.7 Å². The van der Waals surface area contributed by atoms with Crippen molar-refractivity contribution in [2.75, 3.05) is 5.32 Å². The summed E-state index contributed by atoms with van der Waals surface area (Å²) in [5.41, 5.74) is 6.50. The lowest BCUT2D eigenvalue weighted by molar-refractivity contribution is -0.121. The molecule has 0 heterocycles. The number of ether oxygens (including phenoxy) is 1. The molecule has 2 rings (SSSR count). The summed E-state index contributed by atoms with van der Waals surface area (Å²) in [4.78, 5) is 12.1. The fourth-order valence-electron chi connectivity index (χ4n) is 2.44. The third kappa shape index (κ3) is 3.90. The highest BCUT2D eigenvalue weighted by Gasteiger charge is 2.28. The lowest BCUT2D eigenvalue weighted by atomic mass is 9.84. The Morgan fingerprint density at radius 3 is 2.50 bits per heavy atom. The molecule has 0 bridgehead atoms. The van der Waals surface area contributed by atoms with Crippen molar-refractivity contribution in [3.8, 4) is 5.75 Å². The van der Waals surface area contributed by atoms with Gasteiger partial charge in [-0.1, -0.05) is 12.8 Å². The molecule has 1 aromatic carbocycles. The minimum atomic E-state index is -2.85. The number of benzene rings is 1. The smallest absolute Gasteiger partial charge is 0.387 e. The van der Waals surface area contributed by atoms with Crippen LogP contribution in [0.5, 0.6) is 5.75 Å². The molecule has 0 spiro atoms. The van der Waals surface area contributed by atoms with Gasteiger partial charge < -0.3 is 15.8 Å². The van der Waals surface area contributed by atoms with E-state index in [1.807, 2.05) is 0 Å². The van der Waals surface area contributed by atoms with Crippen molar-refractivity contribution in [1.29, 1.82) is 0 Å². The maximum Gasteiger partial charge on any atom is 0.387 e. The summed E-state index contributed by atoms with van der Waals surface area (Å²) < 4.78 is 28.3. The molecule has 0 aromatic heterocycles. The van der Waals surface area contributed by atoms with Gasteiger partial charge in [-0.15, -0.1) is 0 Å². The third-order valence-corrected chi connectivity index (χ3v) is 3.50. The fraction of sp³-hybridized carbons (Fsp3) is 0.500. The predicted octanol–water partition coefficient (Wildman–Crippen LogP) is 2.74. The number of hydrogen-bond donors (Lipinski definition) is 2. The summed E-state index contributed by atoms with van der Waals surface area (Å²) in [7, 11) is 0. The van der Waals surface area contributed by atoms with Crippen LogP contribution in [0.25, 0.3) is 0 Å². The Labute approximate surface area is 116 Å². The van der Waals surface area contributed by atoms with Crippen LogP contribution in [-0.2, 0) is 4.79 Å². The fourth-order valence-corrected chi connectivity index (χ4v) is 2.44. The molecule has 1 aromatic rings. The van der Waals surface area contributed by atoms with E-state index in [1.165, 1.54) is 24.3 Å². The normalized spacial score (nSPS) is 22.6. The van der Waals surface area contributed by atoms with E-state index in [-0.39, 0.29) is 23.6 Å². The molecule has 2 unspecified atom stereocenters. The molecule has 4 nitrogen and oxygen atoms in total. The predicted molar refractivity (Wildman–Crippen MR) is 71.6 cm³/mol. The minimum Gasteiger partial charge on any atom is -0.435 e. The van der Waals surface area contributed by atoms with Crippen LogP contribution in [0.2, 0.25) is 0 Å². The van der Waals surface area contributed by atoms with Gasteiger partial charge in [0.05, 0.1) is 5.92 Å². The molecule has 0 saturated heterocycles. The van der Waals surface area contributed by atoms with Gasteiger partial charge in [-0.2, -0.15) is 8.78 Å². The Bertz CT molecular complexity index is 451. The van der Waals surface area contributed by atoms with Crippen LogP contribution in [0, 0.1) is 5.92 Å². The van der Waals surface area contributed by atoms with E-state index >= 15 is 0 Å². The molecule has 110 valence electrons. The van der Waals surface area contributed by atoms with E-state index in [2.05, 4.69) is 10.1 Å². The number of anilines is 1. The second-order valence-corrected chi connectivity index (χ2v) is 4.95. The zero-order chi connectivity index (χ0) is 14.5. The first-order valence-electron chi connectivity index (χ1n) is 6.67. The highest BCUT2D eigenvalue weighted by molar-refractivity contribution is 5.93. The Morgan fingerprint density at radius 1 is 1.25 bits per heavy atom. The number of amides is 1. The number of hydrogen-bond acceptors (Lipinski definition) is 3. The molecule has 6 heteroatoms. The van der Waals surface area contributed by atoms with Crippen LogP contribution in [0.1, 0.15) is 25.7 Å². The number of nitrogens with one attached hydrogen (secondary N) is 1. The van der Waals surface area contributed by atoms with Crippen LogP contribution >= 0.6 is 0 Å². The van der Waals surface area contributed by atoms with E-state index in [4.69, 9.17) is 5.73 Å². The monoisotopic (exact) mass is 284 g/mol. The number of halogens is 2. The average molecular weight is 284 g/mol. The van der Waals surface area contributed by atoms with Crippen LogP contribution in [0.4, 0.5) is 14.5 Å². The molecule has 2 atom stereocenters. The molecule has 1 amide bonds. The largest absolute Gasteiger partial charge is 0.435 e. The van der Waals surface area contributed by atoms with Crippen molar-refractivity contribution in [3.05, 3.63) is 24.3 Å². The standard InChI is InChI=1S/C14H18F2N2O2/c15-14(16)20-10-7-5-9(6-8-10)18-13(19)11-3-1-2-4-12(11)17/h5-8,11-12,14H,1-4,17H2,(H,18,19). The highest BCUT2D eigenvalue weighted by atomic mass is 19.3. The summed E-state index contributed by atoms with van der Waals surface area (Å²) in [6, 6.07) is 5.74. The summed E-state index contributed by atoms with van der Waals surface area (Å²) >= 11 is 0. The summed E-state index contributed by atoms with van der Waals surface area (Å²) in [6.45, 7) is -2.85. The van der Waals surface area contributed by atoms with Gasteiger partial charge in [-0.05, 0) is 37.1 Å². The maximum atomic E-state index is 12.1. The second-order valence-electron chi connectivity index (χ2n) is 4.95. The molecular formula is C14H18F2N2O2.